The molecule has 0 amide bonds. The smallest absolute Gasteiger partial charge is 0.335 e. The van der Waals surface area contributed by atoms with Crippen molar-refractivity contribution in [2.45, 2.75) is 25.4 Å². The normalized spacial score (nSPS) is 13.3. The molecule has 0 aliphatic heterocycles. The Hall–Kier alpha value is -1.49. The van der Waals surface area contributed by atoms with E-state index in [9.17, 15) is 14.3 Å². The summed E-state index contributed by atoms with van der Waals surface area (Å²) in [4.78, 5) is 14.9. The van der Waals surface area contributed by atoms with Gasteiger partial charge in [-0.25, -0.2) is 9.18 Å². The van der Waals surface area contributed by atoms with E-state index in [4.69, 9.17) is 0 Å². The third-order valence-electron chi connectivity index (χ3n) is 2.56. The van der Waals surface area contributed by atoms with Gasteiger partial charge in [0.2, 0.25) is 0 Å². The summed E-state index contributed by atoms with van der Waals surface area (Å²) in [7, 11) is 1.19. The Balaban J connectivity index is 3.05. The van der Waals surface area contributed by atoms with E-state index in [0.717, 1.165) is 6.20 Å². The number of nitrogens with zero attached hydrogens (tertiary/aromatic N) is 1. The van der Waals surface area contributed by atoms with E-state index in [0.29, 0.717) is 5.56 Å². The van der Waals surface area contributed by atoms with Gasteiger partial charge in [-0.1, -0.05) is 13.8 Å². The summed E-state index contributed by atoms with van der Waals surface area (Å²) < 4.78 is 17.4. The summed E-state index contributed by atoms with van der Waals surface area (Å²) in [6.07, 6.45) is 1.11. The van der Waals surface area contributed by atoms with Gasteiger partial charge in [0.05, 0.1) is 13.3 Å². The van der Waals surface area contributed by atoms with Crippen LogP contribution < -0.4 is 0 Å². The third kappa shape index (κ3) is 2.36. The lowest BCUT2D eigenvalue weighted by atomic mass is 9.80. The van der Waals surface area contributed by atoms with Crippen molar-refractivity contribution in [3.63, 3.8) is 0 Å². The lowest BCUT2D eigenvalue weighted by Gasteiger charge is -2.28. The SMILES string of the molecule is COC(=O)C(O)C(C)(C)c1cncc(F)c1. The second-order valence-corrected chi connectivity index (χ2v) is 4.04. The largest absolute Gasteiger partial charge is 0.467 e. The summed E-state index contributed by atoms with van der Waals surface area (Å²) in [5.74, 6) is -1.27. The number of pyridine rings is 1. The number of rotatable bonds is 3. The molecule has 4 nitrogen and oxygen atoms in total. The first-order valence-corrected chi connectivity index (χ1v) is 4.76. The molecule has 5 heteroatoms. The number of carbonyl (C=O) groups is 1. The van der Waals surface area contributed by atoms with Gasteiger partial charge in [0.25, 0.3) is 0 Å². The fourth-order valence-electron chi connectivity index (χ4n) is 1.33. The average molecular weight is 227 g/mol. The summed E-state index contributed by atoms with van der Waals surface area (Å²) in [5.41, 5.74) is -0.521. The Labute approximate surface area is 93.1 Å². The van der Waals surface area contributed by atoms with Crippen LogP contribution in [0.4, 0.5) is 4.39 Å². The Morgan fingerprint density at radius 3 is 2.69 bits per heavy atom. The first-order chi connectivity index (χ1) is 7.39. The molecule has 0 fully saturated rings. The van der Waals surface area contributed by atoms with Crippen molar-refractivity contribution in [1.29, 1.82) is 0 Å². The summed E-state index contributed by atoms with van der Waals surface area (Å²) in [5, 5.41) is 9.77. The van der Waals surface area contributed by atoms with Crippen LogP contribution in [0.3, 0.4) is 0 Å². The standard InChI is InChI=1S/C11H14FNO3/c1-11(2,9(14)10(15)16-3)7-4-8(12)6-13-5-7/h4-6,9,14H,1-3H3. The number of aromatic nitrogens is 1. The van der Waals surface area contributed by atoms with Crippen LogP contribution in [0.15, 0.2) is 18.5 Å². The van der Waals surface area contributed by atoms with Gasteiger partial charge in [0.1, 0.15) is 5.82 Å². The molecule has 0 saturated heterocycles. The Morgan fingerprint density at radius 2 is 2.19 bits per heavy atom. The second kappa shape index (κ2) is 4.57. The fraction of sp³-hybridized carbons (Fsp3) is 0.455. The van der Waals surface area contributed by atoms with Gasteiger partial charge in [-0.3, -0.25) is 4.98 Å². The lowest BCUT2D eigenvalue weighted by molar-refractivity contribution is -0.153. The number of aliphatic hydroxyl groups is 1. The molecule has 1 unspecified atom stereocenters. The van der Waals surface area contributed by atoms with E-state index in [-0.39, 0.29) is 0 Å². The molecule has 0 radical (unpaired) electrons. The van der Waals surface area contributed by atoms with Gasteiger partial charge in [0.15, 0.2) is 6.10 Å². The highest BCUT2D eigenvalue weighted by atomic mass is 19.1. The van der Waals surface area contributed by atoms with Gasteiger partial charge in [-0.15, -0.1) is 0 Å². The van der Waals surface area contributed by atoms with Gasteiger partial charge in [0, 0.05) is 11.6 Å². The molecule has 0 saturated carbocycles. The van der Waals surface area contributed by atoms with Crippen molar-refractivity contribution in [3.05, 3.63) is 29.8 Å². The average Bonchev–Trinajstić information content (AvgIpc) is 2.27. The molecule has 1 N–H and O–H groups in total. The third-order valence-corrected chi connectivity index (χ3v) is 2.56. The number of halogens is 1. The Bertz CT molecular complexity index is 393. The van der Waals surface area contributed by atoms with Crippen molar-refractivity contribution in [2.75, 3.05) is 7.11 Å². The highest BCUT2D eigenvalue weighted by molar-refractivity contribution is 5.76. The van der Waals surface area contributed by atoms with E-state index in [1.165, 1.54) is 19.4 Å². The Kier molecular flexibility index (Phi) is 3.59. The predicted octanol–water partition coefficient (Wildman–Crippen LogP) is 1.03. The maximum absolute atomic E-state index is 13.0. The highest BCUT2D eigenvalue weighted by Crippen LogP contribution is 2.27. The molecular formula is C11H14FNO3. The number of esters is 1. The van der Waals surface area contributed by atoms with Crippen LogP contribution in [-0.2, 0) is 14.9 Å². The van der Waals surface area contributed by atoms with Gasteiger partial charge in [-0.05, 0) is 11.6 Å². The van der Waals surface area contributed by atoms with E-state index < -0.39 is 23.3 Å². The first kappa shape index (κ1) is 12.6. The van der Waals surface area contributed by atoms with E-state index in [1.807, 2.05) is 0 Å². The monoisotopic (exact) mass is 227 g/mol. The van der Waals surface area contributed by atoms with Crippen molar-refractivity contribution in [3.8, 4) is 0 Å². The molecule has 0 aromatic carbocycles. The summed E-state index contributed by atoms with van der Waals surface area (Å²) >= 11 is 0. The molecule has 0 spiro atoms. The van der Waals surface area contributed by atoms with Crippen LogP contribution in [0, 0.1) is 5.82 Å². The van der Waals surface area contributed by atoms with Gasteiger partial charge >= 0.3 is 5.97 Å². The first-order valence-electron chi connectivity index (χ1n) is 4.76. The number of hydrogen-bond donors (Lipinski definition) is 1. The van der Waals surface area contributed by atoms with Crippen molar-refractivity contribution in [2.24, 2.45) is 0 Å². The van der Waals surface area contributed by atoms with E-state index >= 15 is 0 Å². The maximum atomic E-state index is 13.0. The zero-order valence-corrected chi connectivity index (χ0v) is 9.40. The number of ether oxygens (including phenoxy) is 1. The maximum Gasteiger partial charge on any atom is 0.335 e. The fourth-order valence-corrected chi connectivity index (χ4v) is 1.33. The molecule has 16 heavy (non-hydrogen) atoms. The van der Waals surface area contributed by atoms with Crippen LogP contribution in [0.2, 0.25) is 0 Å². The van der Waals surface area contributed by atoms with Crippen molar-refractivity contribution < 1.29 is 19.0 Å². The van der Waals surface area contributed by atoms with Crippen LogP contribution >= 0.6 is 0 Å². The van der Waals surface area contributed by atoms with Crippen LogP contribution in [0.5, 0.6) is 0 Å². The topological polar surface area (TPSA) is 59.4 Å². The molecule has 1 aromatic heterocycles. The van der Waals surface area contributed by atoms with Crippen LogP contribution in [0.1, 0.15) is 19.4 Å². The van der Waals surface area contributed by atoms with Crippen molar-refractivity contribution in [1.82, 2.24) is 4.98 Å². The molecule has 88 valence electrons. The zero-order valence-electron chi connectivity index (χ0n) is 9.40. The van der Waals surface area contributed by atoms with Crippen LogP contribution in [0.25, 0.3) is 0 Å². The molecule has 1 rings (SSSR count). The van der Waals surface area contributed by atoms with E-state index in [1.54, 1.807) is 13.8 Å². The molecule has 0 aliphatic carbocycles. The molecular weight excluding hydrogens is 213 g/mol. The zero-order chi connectivity index (χ0) is 12.3. The molecule has 1 atom stereocenters. The predicted molar refractivity (Wildman–Crippen MR) is 55.2 cm³/mol. The number of methoxy groups -OCH3 is 1. The number of hydrogen-bond acceptors (Lipinski definition) is 4. The minimum absolute atomic E-state index is 0.436. The molecule has 0 bridgehead atoms. The second-order valence-electron chi connectivity index (χ2n) is 4.04. The molecule has 0 aliphatic rings. The number of carbonyl (C=O) groups excluding carboxylic acids is 1. The van der Waals surface area contributed by atoms with Crippen molar-refractivity contribution >= 4 is 5.97 Å². The quantitative estimate of drug-likeness (QED) is 0.783. The lowest BCUT2D eigenvalue weighted by Crippen LogP contribution is -2.40. The minimum Gasteiger partial charge on any atom is -0.467 e. The Morgan fingerprint density at radius 1 is 1.56 bits per heavy atom. The molecule has 1 heterocycles. The van der Waals surface area contributed by atoms with Crippen LogP contribution in [-0.4, -0.2) is 29.3 Å². The summed E-state index contributed by atoms with van der Waals surface area (Å²) in [6.45, 7) is 3.23. The summed E-state index contributed by atoms with van der Waals surface area (Å²) in [6, 6.07) is 1.24. The van der Waals surface area contributed by atoms with Gasteiger partial charge < -0.3 is 9.84 Å². The van der Waals surface area contributed by atoms with Gasteiger partial charge in [-0.2, -0.15) is 0 Å². The minimum atomic E-state index is -1.36. The van der Waals surface area contributed by atoms with E-state index in [2.05, 4.69) is 9.72 Å². The number of aliphatic hydroxyl groups excluding tert-OH is 1. The highest BCUT2D eigenvalue weighted by Gasteiger charge is 2.36. The molecule has 1 aromatic rings.